The highest BCUT2D eigenvalue weighted by molar-refractivity contribution is 5.96. The van der Waals surface area contributed by atoms with Crippen LogP contribution in [0.3, 0.4) is 0 Å². The number of hydrogen-bond donors (Lipinski definition) is 0. The number of imidazole rings is 1. The first-order valence-electron chi connectivity index (χ1n) is 11.2. The molecule has 5 rings (SSSR count). The molecular weight excluding hydrogens is 417 g/mol. The van der Waals surface area contributed by atoms with Gasteiger partial charge in [-0.15, -0.1) is 0 Å². The average Bonchev–Trinajstić information content (AvgIpc) is 3.37. The van der Waals surface area contributed by atoms with Gasteiger partial charge in [0.15, 0.2) is 0 Å². The van der Waals surface area contributed by atoms with Crippen molar-refractivity contribution in [3.8, 4) is 5.75 Å². The van der Waals surface area contributed by atoms with E-state index in [1.807, 2.05) is 36.4 Å². The fourth-order valence-corrected chi connectivity index (χ4v) is 4.54. The van der Waals surface area contributed by atoms with Crippen molar-refractivity contribution in [1.82, 2.24) is 9.55 Å². The van der Waals surface area contributed by atoms with Gasteiger partial charge in [0.25, 0.3) is 0 Å². The highest BCUT2D eigenvalue weighted by atomic mass is 19.1. The number of carbonyl (C=O) groups excluding carboxylic acids is 1. The lowest BCUT2D eigenvalue weighted by atomic mass is 10.1. The summed E-state index contributed by atoms with van der Waals surface area (Å²) in [4.78, 5) is 19.3. The summed E-state index contributed by atoms with van der Waals surface area (Å²) in [7, 11) is 0. The van der Waals surface area contributed by atoms with Gasteiger partial charge in [-0.2, -0.15) is 0 Å². The number of fused-ring (bicyclic) bond motifs is 1. The maximum absolute atomic E-state index is 13.7. The fraction of sp³-hybridized carbons (Fsp3) is 0.259. The Kier molecular flexibility index (Phi) is 5.58. The van der Waals surface area contributed by atoms with E-state index in [4.69, 9.17) is 9.72 Å². The largest absolute Gasteiger partial charge is 0.491 e. The van der Waals surface area contributed by atoms with E-state index >= 15 is 0 Å². The molecule has 0 aliphatic carbocycles. The van der Waals surface area contributed by atoms with Crippen LogP contribution in [0, 0.1) is 19.7 Å². The van der Waals surface area contributed by atoms with E-state index in [-0.39, 0.29) is 17.6 Å². The molecule has 0 radical (unpaired) electrons. The van der Waals surface area contributed by atoms with Gasteiger partial charge >= 0.3 is 0 Å². The number of nitrogens with zero attached hydrogens (tertiary/aromatic N) is 3. The lowest BCUT2D eigenvalue weighted by molar-refractivity contribution is -0.117. The van der Waals surface area contributed by atoms with Crippen LogP contribution in [0.2, 0.25) is 0 Å². The summed E-state index contributed by atoms with van der Waals surface area (Å²) in [6, 6.07) is 20.2. The van der Waals surface area contributed by atoms with Gasteiger partial charge in [0.05, 0.1) is 17.6 Å². The molecule has 6 heteroatoms. The van der Waals surface area contributed by atoms with Gasteiger partial charge in [-0.05, 0) is 61.4 Å². The number of benzene rings is 3. The molecule has 168 valence electrons. The number of carbonyl (C=O) groups is 1. The number of para-hydroxylation sites is 2. The first-order valence-corrected chi connectivity index (χ1v) is 11.2. The molecule has 5 nitrogen and oxygen atoms in total. The summed E-state index contributed by atoms with van der Waals surface area (Å²) in [5, 5.41) is 0. The van der Waals surface area contributed by atoms with Gasteiger partial charge in [0, 0.05) is 24.6 Å². The predicted octanol–water partition coefficient (Wildman–Crippen LogP) is 5.39. The molecule has 1 aliphatic heterocycles. The Morgan fingerprint density at radius 2 is 1.88 bits per heavy atom. The minimum Gasteiger partial charge on any atom is -0.491 e. The van der Waals surface area contributed by atoms with Crippen molar-refractivity contribution in [3.05, 3.63) is 89.5 Å². The molecule has 1 fully saturated rings. The monoisotopic (exact) mass is 443 g/mol. The van der Waals surface area contributed by atoms with E-state index in [0.717, 1.165) is 28.2 Å². The zero-order chi connectivity index (χ0) is 22.9. The van der Waals surface area contributed by atoms with E-state index in [0.29, 0.717) is 31.8 Å². The van der Waals surface area contributed by atoms with E-state index < -0.39 is 0 Å². The molecule has 1 atom stereocenters. The smallest absolute Gasteiger partial charge is 0.227 e. The lowest BCUT2D eigenvalue weighted by Crippen LogP contribution is -2.24. The quantitative estimate of drug-likeness (QED) is 0.401. The van der Waals surface area contributed by atoms with Gasteiger partial charge in [0.1, 0.15) is 24.0 Å². The number of ether oxygens (including phenoxy) is 1. The van der Waals surface area contributed by atoms with E-state index in [2.05, 4.69) is 24.5 Å². The van der Waals surface area contributed by atoms with Crippen LogP contribution in [-0.4, -0.2) is 28.6 Å². The van der Waals surface area contributed by atoms with Gasteiger partial charge in [-0.25, -0.2) is 9.37 Å². The van der Waals surface area contributed by atoms with E-state index in [9.17, 15) is 9.18 Å². The molecule has 1 aliphatic rings. The second-order valence-corrected chi connectivity index (χ2v) is 8.54. The molecule has 0 bridgehead atoms. The molecule has 1 unspecified atom stereocenters. The van der Waals surface area contributed by atoms with E-state index in [1.54, 1.807) is 17.0 Å². The van der Waals surface area contributed by atoms with Crippen molar-refractivity contribution in [2.75, 3.05) is 18.1 Å². The van der Waals surface area contributed by atoms with Gasteiger partial charge < -0.3 is 14.2 Å². The van der Waals surface area contributed by atoms with Crippen LogP contribution >= 0.6 is 0 Å². The molecular formula is C27H26FN3O2. The Hall–Kier alpha value is -3.67. The minimum atomic E-state index is -0.348. The maximum Gasteiger partial charge on any atom is 0.227 e. The standard InChI is InChI=1S/C27H26FN3O2/c1-18-7-5-12-25(19(18)2)33-14-13-30-24-11-4-3-10-23(24)29-27(30)20-15-26(32)31(17-20)22-9-6-8-21(28)16-22/h3-12,16,20H,13-15,17H2,1-2H3. The Balaban J connectivity index is 1.41. The van der Waals surface area contributed by atoms with Gasteiger partial charge in [0.2, 0.25) is 5.91 Å². The molecule has 0 saturated carbocycles. The van der Waals surface area contributed by atoms with Gasteiger partial charge in [-0.1, -0.05) is 30.3 Å². The van der Waals surface area contributed by atoms with E-state index in [1.165, 1.54) is 17.7 Å². The second-order valence-electron chi connectivity index (χ2n) is 8.54. The van der Waals surface area contributed by atoms with Crippen molar-refractivity contribution in [2.24, 2.45) is 0 Å². The Bertz CT molecular complexity index is 1330. The molecule has 1 amide bonds. The maximum atomic E-state index is 13.7. The Morgan fingerprint density at radius 3 is 2.73 bits per heavy atom. The molecule has 3 aromatic carbocycles. The topological polar surface area (TPSA) is 47.4 Å². The summed E-state index contributed by atoms with van der Waals surface area (Å²) < 4.78 is 22.0. The van der Waals surface area contributed by atoms with Crippen molar-refractivity contribution in [2.45, 2.75) is 32.7 Å². The number of aryl methyl sites for hydroxylation is 1. The van der Waals surface area contributed by atoms with Crippen molar-refractivity contribution in [3.63, 3.8) is 0 Å². The number of aromatic nitrogens is 2. The van der Waals surface area contributed by atoms with Crippen LogP contribution < -0.4 is 9.64 Å². The van der Waals surface area contributed by atoms with Crippen molar-refractivity contribution < 1.29 is 13.9 Å². The van der Waals surface area contributed by atoms with Crippen LogP contribution in [0.15, 0.2) is 66.7 Å². The fourth-order valence-electron chi connectivity index (χ4n) is 4.54. The molecule has 1 aromatic heterocycles. The first-order chi connectivity index (χ1) is 16.0. The number of rotatable bonds is 6. The second kappa shape index (κ2) is 8.70. The van der Waals surface area contributed by atoms with Crippen molar-refractivity contribution >= 4 is 22.6 Å². The average molecular weight is 444 g/mol. The number of hydrogen-bond acceptors (Lipinski definition) is 3. The molecule has 33 heavy (non-hydrogen) atoms. The summed E-state index contributed by atoms with van der Waals surface area (Å²) in [5.74, 6) is 1.31. The number of halogens is 1. The zero-order valence-corrected chi connectivity index (χ0v) is 18.8. The normalized spacial score (nSPS) is 16.0. The predicted molar refractivity (Wildman–Crippen MR) is 127 cm³/mol. The van der Waals surface area contributed by atoms with Crippen LogP contribution in [0.4, 0.5) is 10.1 Å². The van der Waals surface area contributed by atoms with Gasteiger partial charge in [-0.3, -0.25) is 4.79 Å². The summed E-state index contributed by atoms with van der Waals surface area (Å²) in [5.41, 5.74) is 4.84. The molecule has 0 spiro atoms. The molecule has 0 N–H and O–H groups in total. The highest BCUT2D eigenvalue weighted by Crippen LogP contribution is 2.33. The summed E-state index contributed by atoms with van der Waals surface area (Å²) >= 11 is 0. The third kappa shape index (κ3) is 4.09. The summed E-state index contributed by atoms with van der Waals surface area (Å²) in [6.07, 6.45) is 0.345. The third-order valence-corrected chi connectivity index (χ3v) is 6.42. The highest BCUT2D eigenvalue weighted by Gasteiger charge is 2.35. The van der Waals surface area contributed by atoms with Crippen LogP contribution in [0.25, 0.3) is 11.0 Å². The zero-order valence-electron chi connectivity index (χ0n) is 18.8. The molecule has 1 saturated heterocycles. The molecule has 2 heterocycles. The van der Waals surface area contributed by atoms with Crippen LogP contribution in [0.1, 0.15) is 29.3 Å². The lowest BCUT2D eigenvalue weighted by Gasteiger charge is -2.18. The van der Waals surface area contributed by atoms with Crippen molar-refractivity contribution in [1.29, 1.82) is 0 Å². The summed E-state index contributed by atoms with van der Waals surface area (Å²) in [6.45, 7) is 5.72. The Labute approximate surface area is 192 Å². The number of amides is 1. The Morgan fingerprint density at radius 1 is 1.06 bits per heavy atom. The number of anilines is 1. The van der Waals surface area contributed by atoms with Crippen LogP contribution in [-0.2, 0) is 11.3 Å². The third-order valence-electron chi connectivity index (χ3n) is 6.42. The molecule has 4 aromatic rings. The SMILES string of the molecule is Cc1cccc(OCCn2c(C3CC(=O)N(c4cccc(F)c4)C3)nc3ccccc32)c1C. The first kappa shape index (κ1) is 21.2. The van der Waals surface area contributed by atoms with Crippen LogP contribution in [0.5, 0.6) is 5.75 Å². The minimum absolute atomic E-state index is 0.0177.